The number of hydrogen-bond donors (Lipinski definition) is 1. The van der Waals surface area contributed by atoms with Crippen LogP contribution in [0, 0.1) is 5.41 Å². The minimum Gasteiger partial charge on any atom is -0.496 e. The maximum Gasteiger partial charge on any atom is 0.133 e. The van der Waals surface area contributed by atoms with Gasteiger partial charge in [0.2, 0.25) is 0 Å². The van der Waals surface area contributed by atoms with Crippen molar-refractivity contribution in [2.75, 3.05) is 13.7 Å². The van der Waals surface area contributed by atoms with Gasteiger partial charge in [-0.1, -0.05) is 19.1 Å². The van der Waals surface area contributed by atoms with E-state index in [9.17, 15) is 0 Å². The zero-order valence-corrected chi connectivity index (χ0v) is 13.3. The van der Waals surface area contributed by atoms with Crippen LogP contribution in [0.4, 0.5) is 0 Å². The maximum atomic E-state index is 5.26. The highest BCUT2D eigenvalue weighted by Gasteiger charge is 2.26. The fourth-order valence-corrected chi connectivity index (χ4v) is 2.75. The number of nitrogens with one attached hydrogen (secondary N) is 1. The lowest BCUT2D eigenvalue weighted by atomic mass is 9.83. The number of rotatable bonds is 7. The SMILES string of the molecule is C=CC(C)(CNC1CC1)Cc1ccc(OC)c(Br)c1. The second-order valence-corrected chi connectivity index (χ2v) is 6.51. The van der Waals surface area contributed by atoms with E-state index in [0.717, 1.165) is 29.2 Å². The molecule has 1 aliphatic carbocycles. The van der Waals surface area contributed by atoms with Gasteiger partial charge in [-0.05, 0) is 52.9 Å². The molecule has 2 rings (SSSR count). The Morgan fingerprint density at radius 1 is 1.53 bits per heavy atom. The van der Waals surface area contributed by atoms with Crippen LogP contribution in [-0.4, -0.2) is 19.7 Å². The first-order chi connectivity index (χ1) is 9.06. The van der Waals surface area contributed by atoms with E-state index in [1.165, 1.54) is 18.4 Å². The Kier molecular flexibility index (Phi) is 4.69. The molecule has 1 aliphatic rings. The molecule has 104 valence electrons. The van der Waals surface area contributed by atoms with E-state index in [1.807, 2.05) is 6.07 Å². The normalized spacial score (nSPS) is 17.8. The number of methoxy groups -OCH3 is 1. The van der Waals surface area contributed by atoms with Crippen molar-refractivity contribution >= 4 is 15.9 Å². The molecule has 0 aromatic heterocycles. The lowest BCUT2D eigenvalue weighted by molar-refractivity contribution is 0.388. The summed E-state index contributed by atoms with van der Waals surface area (Å²) in [6.45, 7) is 7.26. The Bertz CT molecular complexity index is 456. The first-order valence-corrected chi connectivity index (χ1v) is 7.55. The first-order valence-electron chi connectivity index (χ1n) is 6.76. The minimum absolute atomic E-state index is 0.0939. The van der Waals surface area contributed by atoms with Crippen LogP contribution < -0.4 is 10.1 Å². The van der Waals surface area contributed by atoms with Crippen molar-refractivity contribution < 1.29 is 4.74 Å². The van der Waals surface area contributed by atoms with Crippen molar-refractivity contribution in [3.63, 3.8) is 0 Å². The van der Waals surface area contributed by atoms with Crippen molar-refractivity contribution in [1.82, 2.24) is 5.32 Å². The maximum absolute atomic E-state index is 5.26. The van der Waals surface area contributed by atoms with Gasteiger partial charge in [-0.25, -0.2) is 0 Å². The molecule has 3 heteroatoms. The highest BCUT2D eigenvalue weighted by Crippen LogP contribution is 2.30. The van der Waals surface area contributed by atoms with Gasteiger partial charge in [0.05, 0.1) is 11.6 Å². The topological polar surface area (TPSA) is 21.3 Å². The summed E-state index contributed by atoms with van der Waals surface area (Å²) in [5.74, 6) is 0.875. The third kappa shape index (κ3) is 4.08. The van der Waals surface area contributed by atoms with Gasteiger partial charge in [-0.3, -0.25) is 0 Å². The van der Waals surface area contributed by atoms with Gasteiger partial charge < -0.3 is 10.1 Å². The van der Waals surface area contributed by atoms with Gasteiger partial charge in [0.1, 0.15) is 5.75 Å². The number of halogens is 1. The predicted octanol–water partition coefficient (Wildman–Crippen LogP) is 3.94. The number of ether oxygens (including phenoxy) is 1. The van der Waals surface area contributed by atoms with Crippen molar-refractivity contribution in [3.05, 3.63) is 40.9 Å². The quantitative estimate of drug-likeness (QED) is 0.767. The Labute approximate surface area is 124 Å². The monoisotopic (exact) mass is 323 g/mol. The minimum atomic E-state index is 0.0939. The molecule has 0 bridgehead atoms. The summed E-state index contributed by atoms with van der Waals surface area (Å²) < 4.78 is 6.27. The molecule has 0 amide bonds. The Balaban J connectivity index is 2.03. The van der Waals surface area contributed by atoms with E-state index < -0.39 is 0 Å². The molecule has 0 aliphatic heterocycles. The molecule has 2 nitrogen and oxygen atoms in total. The smallest absolute Gasteiger partial charge is 0.133 e. The standard InChI is InChI=1S/C16H22BrNO/c1-4-16(2,11-18-13-6-7-13)10-12-5-8-15(19-3)14(17)9-12/h4-5,8-9,13,18H,1,6-7,10-11H2,2-3H3. The largest absolute Gasteiger partial charge is 0.496 e. The summed E-state index contributed by atoms with van der Waals surface area (Å²) in [5.41, 5.74) is 1.39. The highest BCUT2D eigenvalue weighted by molar-refractivity contribution is 9.10. The van der Waals surface area contributed by atoms with E-state index in [1.54, 1.807) is 7.11 Å². The molecule has 0 spiro atoms. The van der Waals surface area contributed by atoms with Crippen molar-refractivity contribution in [3.8, 4) is 5.75 Å². The van der Waals surface area contributed by atoms with Gasteiger partial charge >= 0.3 is 0 Å². The molecule has 19 heavy (non-hydrogen) atoms. The lowest BCUT2D eigenvalue weighted by Crippen LogP contribution is -2.33. The fraction of sp³-hybridized carbons (Fsp3) is 0.500. The van der Waals surface area contributed by atoms with Gasteiger partial charge in [-0.15, -0.1) is 6.58 Å². The van der Waals surface area contributed by atoms with Crippen LogP contribution in [0.25, 0.3) is 0 Å². The summed E-state index contributed by atoms with van der Waals surface area (Å²) in [4.78, 5) is 0. The van der Waals surface area contributed by atoms with Crippen LogP contribution in [0.3, 0.4) is 0 Å². The average molecular weight is 324 g/mol. The van der Waals surface area contributed by atoms with Crippen molar-refractivity contribution in [2.45, 2.75) is 32.2 Å². The van der Waals surface area contributed by atoms with Gasteiger partial charge in [-0.2, -0.15) is 0 Å². The Morgan fingerprint density at radius 2 is 2.26 bits per heavy atom. The lowest BCUT2D eigenvalue weighted by Gasteiger charge is -2.26. The molecule has 1 aromatic rings. The first kappa shape index (κ1) is 14.6. The Morgan fingerprint density at radius 3 is 2.79 bits per heavy atom. The van der Waals surface area contributed by atoms with Crippen LogP contribution in [0.2, 0.25) is 0 Å². The molecule has 1 fully saturated rings. The van der Waals surface area contributed by atoms with Crippen LogP contribution >= 0.6 is 15.9 Å². The summed E-state index contributed by atoms with van der Waals surface area (Å²) in [6.07, 6.45) is 5.70. The molecule has 1 saturated carbocycles. The molecule has 1 atom stereocenters. The van der Waals surface area contributed by atoms with Crippen LogP contribution in [0.5, 0.6) is 5.75 Å². The molecule has 1 N–H and O–H groups in total. The summed E-state index contributed by atoms with van der Waals surface area (Å²) in [7, 11) is 1.69. The van der Waals surface area contributed by atoms with E-state index >= 15 is 0 Å². The van der Waals surface area contributed by atoms with E-state index in [-0.39, 0.29) is 5.41 Å². The number of benzene rings is 1. The van der Waals surface area contributed by atoms with Gasteiger partial charge in [0.25, 0.3) is 0 Å². The van der Waals surface area contributed by atoms with Gasteiger partial charge in [0, 0.05) is 18.0 Å². The molecule has 0 radical (unpaired) electrons. The van der Waals surface area contributed by atoms with E-state index in [2.05, 4.69) is 53.0 Å². The summed E-state index contributed by atoms with van der Waals surface area (Å²) >= 11 is 3.54. The van der Waals surface area contributed by atoms with Crippen LogP contribution in [0.15, 0.2) is 35.3 Å². The second-order valence-electron chi connectivity index (χ2n) is 5.66. The zero-order valence-electron chi connectivity index (χ0n) is 11.7. The fourth-order valence-electron chi connectivity index (χ4n) is 2.16. The third-order valence-electron chi connectivity index (χ3n) is 3.69. The predicted molar refractivity (Wildman–Crippen MR) is 83.7 cm³/mol. The van der Waals surface area contributed by atoms with Crippen molar-refractivity contribution in [1.29, 1.82) is 0 Å². The Hall–Kier alpha value is -0.800. The summed E-state index contributed by atoms with van der Waals surface area (Å²) in [5, 5.41) is 3.60. The van der Waals surface area contributed by atoms with Crippen molar-refractivity contribution in [2.24, 2.45) is 5.41 Å². The van der Waals surface area contributed by atoms with Crippen LogP contribution in [-0.2, 0) is 6.42 Å². The van der Waals surface area contributed by atoms with Gasteiger partial charge in [0.15, 0.2) is 0 Å². The number of hydrogen-bond acceptors (Lipinski definition) is 2. The summed E-state index contributed by atoms with van der Waals surface area (Å²) in [6, 6.07) is 7.01. The molecular formula is C16H22BrNO. The molecule has 1 aromatic carbocycles. The van der Waals surface area contributed by atoms with Crippen LogP contribution in [0.1, 0.15) is 25.3 Å². The second kappa shape index (κ2) is 6.10. The average Bonchev–Trinajstić information content (AvgIpc) is 3.21. The van der Waals surface area contributed by atoms with E-state index in [0.29, 0.717) is 0 Å². The molecular weight excluding hydrogens is 302 g/mol. The zero-order chi connectivity index (χ0) is 13.9. The molecule has 1 unspecified atom stereocenters. The third-order valence-corrected chi connectivity index (χ3v) is 4.31. The molecule has 0 saturated heterocycles. The van der Waals surface area contributed by atoms with E-state index in [4.69, 9.17) is 4.74 Å². The highest BCUT2D eigenvalue weighted by atomic mass is 79.9. The molecule has 0 heterocycles.